The lowest BCUT2D eigenvalue weighted by Crippen LogP contribution is -2.60. The van der Waals surface area contributed by atoms with E-state index in [1.807, 2.05) is 74.5 Å². The first-order valence-corrected chi connectivity index (χ1v) is 11.2. The maximum Gasteiger partial charge on any atom is 0.250 e. The van der Waals surface area contributed by atoms with Crippen LogP contribution >= 0.6 is 0 Å². The van der Waals surface area contributed by atoms with Crippen molar-refractivity contribution in [2.75, 3.05) is 25.1 Å². The zero-order valence-corrected chi connectivity index (χ0v) is 19.3. The number of ether oxygens (including phenoxy) is 1. The molecule has 1 aliphatic heterocycles. The smallest absolute Gasteiger partial charge is 0.250 e. The van der Waals surface area contributed by atoms with Gasteiger partial charge in [0, 0.05) is 37.8 Å². The van der Waals surface area contributed by atoms with Crippen molar-refractivity contribution < 1.29 is 14.3 Å². The van der Waals surface area contributed by atoms with E-state index in [1.165, 1.54) is 0 Å². The van der Waals surface area contributed by atoms with Gasteiger partial charge in [-0.1, -0.05) is 50.2 Å². The van der Waals surface area contributed by atoms with Crippen LogP contribution in [0.5, 0.6) is 5.75 Å². The number of pyridine rings is 1. The molecule has 3 aromatic rings. The van der Waals surface area contributed by atoms with E-state index in [2.05, 4.69) is 4.98 Å². The van der Waals surface area contributed by atoms with Crippen LogP contribution < -0.4 is 9.64 Å². The summed E-state index contributed by atoms with van der Waals surface area (Å²) in [5.41, 5.74) is 3.82. The zero-order chi connectivity index (χ0) is 23.4. The van der Waals surface area contributed by atoms with Crippen LogP contribution in [0.1, 0.15) is 19.4 Å². The predicted molar refractivity (Wildman–Crippen MR) is 129 cm³/mol. The number of amides is 2. The van der Waals surface area contributed by atoms with Gasteiger partial charge < -0.3 is 14.5 Å². The largest absolute Gasteiger partial charge is 0.495 e. The van der Waals surface area contributed by atoms with Crippen LogP contribution in [0.25, 0.3) is 11.1 Å². The number of para-hydroxylation sites is 2. The van der Waals surface area contributed by atoms with E-state index in [0.29, 0.717) is 25.3 Å². The Balaban J connectivity index is 1.73. The Kier molecular flexibility index (Phi) is 6.73. The predicted octanol–water partition coefficient (Wildman–Crippen LogP) is 4.20. The summed E-state index contributed by atoms with van der Waals surface area (Å²) < 4.78 is 5.51. The Bertz CT molecular complexity index is 1130. The zero-order valence-electron chi connectivity index (χ0n) is 19.3. The third-order valence-corrected chi connectivity index (χ3v) is 6.07. The first-order valence-electron chi connectivity index (χ1n) is 11.2. The van der Waals surface area contributed by atoms with Crippen molar-refractivity contribution in [2.24, 2.45) is 5.92 Å². The summed E-state index contributed by atoms with van der Waals surface area (Å²) in [7, 11) is 1.60. The van der Waals surface area contributed by atoms with E-state index in [-0.39, 0.29) is 17.7 Å². The Morgan fingerprint density at radius 3 is 2.45 bits per heavy atom. The van der Waals surface area contributed by atoms with Gasteiger partial charge in [0.15, 0.2) is 0 Å². The van der Waals surface area contributed by atoms with Gasteiger partial charge in [0.25, 0.3) is 0 Å². The SMILES string of the molecule is COc1ccccc1N1CCN(C(=O)C(C)C)[C@H](Cc2ccccc2-c2ccncc2)C1=O. The molecule has 0 radical (unpaired) electrons. The van der Waals surface area contributed by atoms with E-state index >= 15 is 0 Å². The maximum absolute atomic E-state index is 13.9. The standard InChI is InChI=1S/C27H29N3O3/c1-19(2)26(31)30-17-16-29(23-10-6-7-11-25(23)33-3)27(32)24(30)18-21-8-4-5-9-22(21)20-12-14-28-15-13-20/h4-15,19,24H,16-18H2,1-3H3/t24-/m1/s1. The summed E-state index contributed by atoms with van der Waals surface area (Å²) in [5.74, 6) is 0.359. The minimum absolute atomic E-state index is 0.00517. The number of carbonyl (C=O) groups is 2. The van der Waals surface area contributed by atoms with Gasteiger partial charge in [0.2, 0.25) is 11.8 Å². The van der Waals surface area contributed by atoms with Gasteiger partial charge in [0.1, 0.15) is 11.8 Å². The number of methoxy groups -OCH3 is 1. The van der Waals surface area contributed by atoms with E-state index in [4.69, 9.17) is 4.74 Å². The third kappa shape index (κ3) is 4.60. The Labute approximate surface area is 194 Å². The highest BCUT2D eigenvalue weighted by Crippen LogP contribution is 2.32. The number of piperazine rings is 1. The molecule has 0 unspecified atom stereocenters. The van der Waals surface area contributed by atoms with Crippen molar-refractivity contribution in [3.63, 3.8) is 0 Å². The molecule has 0 spiro atoms. The van der Waals surface area contributed by atoms with E-state index < -0.39 is 6.04 Å². The van der Waals surface area contributed by atoms with Crippen molar-refractivity contribution in [1.29, 1.82) is 0 Å². The number of benzene rings is 2. The van der Waals surface area contributed by atoms with Gasteiger partial charge in [-0.25, -0.2) is 0 Å². The molecule has 1 atom stereocenters. The molecule has 4 rings (SSSR count). The Morgan fingerprint density at radius 1 is 1.03 bits per heavy atom. The quantitative estimate of drug-likeness (QED) is 0.573. The van der Waals surface area contributed by atoms with Crippen LogP contribution in [0.4, 0.5) is 5.69 Å². The molecule has 1 aliphatic rings. The normalized spacial score (nSPS) is 16.2. The summed E-state index contributed by atoms with van der Waals surface area (Å²) in [5, 5.41) is 0. The minimum atomic E-state index is -0.596. The summed E-state index contributed by atoms with van der Waals surface area (Å²) in [4.78, 5) is 34.6. The fourth-order valence-electron chi connectivity index (χ4n) is 4.39. The van der Waals surface area contributed by atoms with Crippen molar-refractivity contribution >= 4 is 17.5 Å². The summed E-state index contributed by atoms with van der Waals surface area (Å²) in [6.07, 6.45) is 3.95. The highest BCUT2D eigenvalue weighted by Gasteiger charge is 2.39. The van der Waals surface area contributed by atoms with Crippen LogP contribution in [0, 0.1) is 5.92 Å². The molecule has 2 heterocycles. The second-order valence-corrected chi connectivity index (χ2v) is 8.46. The number of rotatable bonds is 6. The molecule has 6 nitrogen and oxygen atoms in total. The molecule has 0 bridgehead atoms. The van der Waals surface area contributed by atoms with Crippen LogP contribution in [-0.2, 0) is 16.0 Å². The van der Waals surface area contributed by atoms with Crippen molar-refractivity contribution in [3.05, 3.63) is 78.6 Å². The summed E-state index contributed by atoms with van der Waals surface area (Å²) in [6, 6.07) is 18.9. The Hall–Kier alpha value is -3.67. The number of anilines is 1. The van der Waals surface area contributed by atoms with Crippen molar-refractivity contribution in [2.45, 2.75) is 26.3 Å². The number of hydrogen-bond acceptors (Lipinski definition) is 4. The van der Waals surface area contributed by atoms with Crippen molar-refractivity contribution in [1.82, 2.24) is 9.88 Å². The second kappa shape index (κ2) is 9.86. The minimum Gasteiger partial charge on any atom is -0.495 e. The van der Waals surface area contributed by atoms with Gasteiger partial charge in [-0.3, -0.25) is 14.6 Å². The second-order valence-electron chi connectivity index (χ2n) is 8.46. The van der Waals surface area contributed by atoms with Crippen LogP contribution in [-0.4, -0.2) is 47.9 Å². The van der Waals surface area contributed by atoms with E-state index in [0.717, 1.165) is 22.4 Å². The lowest BCUT2D eigenvalue weighted by molar-refractivity contribution is -0.143. The van der Waals surface area contributed by atoms with Gasteiger partial charge in [-0.2, -0.15) is 0 Å². The lowest BCUT2D eigenvalue weighted by Gasteiger charge is -2.42. The lowest BCUT2D eigenvalue weighted by atomic mass is 9.93. The highest BCUT2D eigenvalue weighted by atomic mass is 16.5. The van der Waals surface area contributed by atoms with Crippen LogP contribution in [0.3, 0.4) is 0 Å². The van der Waals surface area contributed by atoms with Crippen molar-refractivity contribution in [3.8, 4) is 16.9 Å². The number of hydrogen-bond donors (Lipinski definition) is 0. The molecule has 170 valence electrons. The first kappa shape index (κ1) is 22.5. The van der Waals surface area contributed by atoms with E-state index in [9.17, 15) is 9.59 Å². The topological polar surface area (TPSA) is 62.7 Å². The summed E-state index contributed by atoms with van der Waals surface area (Å²) in [6.45, 7) is 4.66. The highest BCUT2D eigenvalue weighted by molar-refractivity contribution is 6.02. The Morgan fingerprint density at radius 2 is 1.73 bits per heavy atom. The monoisotopic (exact) mass is 443 g/mol. The molecule has 2 aromatic carbocycles. The van der Waals surface area contributed by atoms with Gasteiger partial charge in [0.05, 0.1) is 12.8 Å². The fourth-order valence-corrected chi connectivity index (χ4v) is 4.39. The number of nitrogens with zero attached hydrogens (tertiary/aromatic N) is 3. The van der Waals surface area contributed by atoms with Gasteiger partial charge in [-0.15, -0.1) is 0 Å². The molecular formula is C27H29N3O3. The number of aromatic nitrogens is 1. The molecule has 2 amide bonds. The van der Waals surface area contributed by atoms with Gasteiger partial charge in [-0.05, 0) is 41.0 Å². The number of carbonyl (C=O) groups excluding carboxylic acids is 2. The molecule has 0 aliphatic carbocycles. The first-order chi connectivity index (χ1) is 16.0. The molecular weight excluding hydrogens is 414 g/mol. The average molecular weight is 444 g/mol. The third-order valence-electron chi connectivity index (χ3n) is 6.07. The van der Waals surface area contributed by atoms with Crippen LogP contribution in [0.2, 0.25) is 0 Å². The van der Waals surface area contributed by atoms with E-state index in [1.54, 1.807) is 29.3 Å². The summed E-state index contributed by atoms with van der Waals surface area (Å²) >= 11 is 0. The molecule has 0 saturated carbocycles. The molecule has 0 N–H and O–H groups in total. The van der Waals surface area contributed by atoms with Crippen LogP contribution in [0.15, 0.2) is 73.1 Å². The molecule has 1 aromatic heterocycles. The average Bonchev–Trinajstić information content (AvgIpc) is 2.85. The maximum atomic E-state index is 13.9. The fraction of sp³-hybridized carbons (Fsp3) is 0.296. The molecule has 1 fully saturated rings. The molecule has 1 saturated heterocycles. The molecule has 6 heteroatoms. The van der Waals surface area contributed by atoms with Gasteiger partial charge >= 0.3 is 0 Å². The molecule has 33 heavy (non-hydrogen) atoms.